The summed E-state index contributed by atoms with van der Waals surface area (Å²) in [5, 5.41) is 9.03. The van der Waals surface area contributed by atoms with Gasteiger partial charge in [-0.15, -0.1) is 0 Å². The van der Waals surface area contributed by atoms with Gasteiger partial charge in [0.25, 0.3) is 0 Å². The highest BCUT2D eigenvalue weighted by Gasteiger charge is 2.30. The van der Waals surface area contributed by atoms with Crippen LogP contribution in [0.5, 0.6) is 0 Å². The standard InChI is InChI=1S/C17H18FN5O2S/c1-12-9-14(18)3-4-16(12)26(24,25)23-7-5-22(6-8-23)17-20-13(2)10-15(11-19)21-17/h3-4,9-10H,5-8H2,1-2H3. The fourth-order valence-electron chi connectivity index (χ4n) is 2.92. The average Bonchev–Trinajstić information content (AvgIpc) is 2.61. The van der Waals surface area contributed by atoms with Crippen molar-refractivity contribution >= 4 is 16.0 Å². The molecule has 26 heavy (non-hydrogen) atoms. The number of hydrogen-bond acceptors (Lipinski definition) is 6. The van der Waals surface area contributed by atoms with Gasteiger partial charge in [0.05, 0.1) is 4.90 Å². The topological polar surface area (TPSA) is 90.2 Å². The Morgan fingerprint density at radius 3 is 2.42 bits per heavy atom. The molecule has 0 spiro atoms. The van der Waals surface area contributed by atoms with Crippen LogP contribution in [0.15, 0.2) is 29.2 Å². The normalized spacial score (nSPS) is 15.7. The zero-order valence-corrected chi connectivity index (χ0v) is 15.3. The molecule has 9 heteroatoms. The summed E-state index contributed by atoms with van der Waals surface area (Å²) in [5.74, 6) is -0.0345. The van der Waals surface area contributed by atoms with Gasteiger partial charge in [-0.05, 0) is 43.7 Å². The number of halogens is 1. The SMILES string of the molecule is Cc1cc(C#N)nc(N2CCN(S(=O)(=O)c3ccc(F)cc3C)CC2)n1. The fraction of sp³-hybridized carbons (Fsp3) is 0.353. The van der Waals surface area contributed by atoms with E-state index in [1.54, 1.807) is 19.9 Å². The van der Waals surface area contributed by atoms with Crippen LogP contribution >= 0.6 is 0 Å². The number of nitriles is 1. The van der Waals surface area contributed by atoms with Gasteiger partial charge in [0.1, 0.15) is 17.6 Å². The third-order valence-electron chi connectivity index (χ3n) is 4.23. The Hall–Kier alpha value is -2.57. The Bertz CT molecular complexity index is 979. The van der Waals surface area contributed by atoms with E-state index >= 15 is 0 Å². The summed E-state index contributed by atoms with van der Waals surface area (Å²) in [5.41, 5.74) is 1.35. The van der Waals surface area contributed by atoms with E-state index in [1.165, 1.54) is 16.4 Å². The number of nitrogens with zero attached hydrogens (tertiary/aromatic N) is 5. The summed E-state index contributed by atoms with van der Waals surface area (Å²) in [6.45, 7) is 4.71. The molecule has 0 radical (unpaired) electrons. The molecule has 0 aliphatic carbocycles. The summed E-state index contributed by atoms with van der Waals surface area (Å²) in [7, 11) is -3.69. The highest BCUT2D eigenvalue weighted by molar-refractivity contribution is 7.89. The summed E-state index contributed by atoms with van der Waals surface area (Å²) < 4.78 is 40.3. The van der Waals surface area contributed by atoms with E-state index in [0.29, 0.717) is 30.3 Å². The first-order valence-corrected chi connectivity index (χ1v) is 9.52. The van der Waals surface area contributed by atoms with Crippen LogP contribution < -0.4 is 4.90 Å². The zero-order chi connectivity index (χ0) is 18.9. The minimum Gasteiger partial charge on any atom is -0.338 e. The molecular weight excluding hydrogens is 357 g/mol. The van der Waals surface area contributed by atoms with Crippen molar-refractivity contribution in [1.29, 1.82) is 5.26 Å². The minimum absolute atomic E-state index is 0.117. The first-order valence-electron chi connectivity index (χ1n) is 8.08. The van der Waals surface area contributed by atoms with Crippen molar-refractivity contribution in [2.45, 2.75) is 18.7 Å². The Labute approximate surface area is 151 Å². The van der Waals surface area contributed by atoms with Crippen LogP contribution in [0.4, 0.5) is 10.3 Å². The van der Waals surface area contributed by atoms with Crippen LogP contribution in [0.25, 0.3) is 0 Å². The van der Waals surface area contributed by atoms with Crippen molar-refractivity contribution in [2.75, 3.05) is 31.1 Å². The molecule has 1 aromatic heterocycles. The summed E-state index contributed by atoms with van der Waals surface area (Å²) in [6.07, 6.45) is 0. The lowest BCUT2D eigenvalue weighted by atomic mass is 10.2. The summed E-state index contributed by atoms with van der Waals surface area (Å²) >= 11 is 0. The molecule has 0 amide bonds. The lowest BCUT2D eigenvalue weighted by Gasteiger charge is -2.34. The van der Waals surface area contributed by atoms with Crippen molar-refractivity contribution in [3.63, 3.8) is 0 Å². The molecular formula is C17H18FN5O2S. The molecule has 1 aliphatic heterocycles. The summed E-state index contributed by atoms with van der Waals surface area (Å²) in [4.78, 5) is 10.5. The van der Waals surface area contributed by atoms with Crippen molar-refractivity contribution in [2.24, 2.45) is 0 Å². The first-order chi connectivity index (χ1) is 12.3. The number of anilines is 1. The smallest absolute Gasteiger partial charge is 0.243 e. The molecule has 2 aromatic rings. The quantitative estimate of drug-likeness (QED) is 0.810. The number of aryl methyl sites for hydroxylation is 2. The molecule has 1 aromatic carbocycles. The van der Waals surface area contributed by atoms with E-state index in [2.05, 4.69) is 9.97 Å². The Morgan fingerprint density at radius 2 is 1.81 bits per heavy atom. The number of hydrogen-bond donors (Lipinski definition) is 0. The number of aromatic nitrogens is 2. The van der Waals surface area contributed by atoms with Gasteiger partial charge in [-0.3, -0.25) is 0 Å². The third-order valence-corrected chi connectivity index (χ3v) is 6.29. The minimum atomic E-state index is -3.69. The molecule has 0 atom stereocenters. The van der Waals surface area contributed by atoms with Crippen LogP contribution in [0.2, 0.25) is 0 Å². The largest absolute Gasteiger partial charge is 0.338 e. The van der Waals surface area contributed by atoms with Gasteiger partial charge in [0, 0.05) is 31.9 Å². The van der Waals surface area contributed by atoms with E-state index in [4.69, 9.17) is 5.26 Å². The lowest BCUT2D eigenvalue weighted by Crippen LogP contribution is -2.49. The molecule has 1 saturated heterocycles. The predicted molar refractivity (Wildman–Crippen MR) is 93.6 cm³/mol. The van der Waals surface area contributed by atoms with Crippen molar-refractivity contribution in [3.8, 4) is 6.07 Å². The lowest BCUT2D eigenvalue weighted by molar-refractivity contribution is 0.382. The van der Waals surface area contributed by atoms with E-state index in [1.807, 2.05) is 11.0 Å². The third kappa shape index (κ3) is 3.52. The van der Waals surface area contributed by atoms with Crippen LogP contribution in [0.3, 0.4) is 0 Å². The van der Waals surface area contributed by atoms with E-state index in [9.17, 15) is 12.8 Å². The molecule has 136 valence electrons. The maximum Gasteiger partial charge on any atom is 0.243 e. The van der Waals surface area contributed by atoms with Crippen LogP contribution in [-0.4, -0.2) is 48.9 Å². The zero-order valence-electron chi connectivity index (χ0n) is 14.5. The molecule has 7 nitrogen and oxygen atoms in total. The van der Waals surface area contributed by atoms with Gasteiger partial charge in [0.2, 0.25) is 16.0 Å². The van der Waals surface area contributed by atoms with E-state index < -0.39 is 15.8 Å². The predicted octanol–water partition coefficient (Wildman–Crippen LogP) is 1.62. The molecule has 0 bridgehead atoms. The Balaban J connectivity index is 1.78. The van der Waals surface area contributed by atoms with E-state index in [0.717, 1.165) is 6.07 Å². The molecule has 2 heterocycles. The van der Waals surface area contributed by atoms with Gasteiger partial charge < -0.3 is 4.90 Å². The second-order valence-corrected chi connectivity index (χ2v) is 8.01. The second-order valence-electron chi connectivity index (χ2n) is 6.11. The molecule has 0 saturated carbocycles. The molecule has 1 aliphatic rings. The number of benzene rings is 1. The molecule has 3 rings (SSSR count). The molecule has 0 unspecified atom stereocenters. The van der Waals surface area contributed by atoms with Gasteiger partial charge >= 0.3 is 0 Å². The van der Waals surface area contributed by atoms with Crippen molar-refractivity contribution < 1.29 is 12.8 Å². The van der Waals surface area contributed by atoms with Crippen molar-refractivity contribution in [1.82, 2.24) is 14.3 Å². The van der Waals surface area contributed by atoms with Gasteiger partial charge in [0.15, 0.2) is 0 Å². The molecule has 0 N–H and O–H groups in total. The van der Waals surface area contributed by atoms with Gasteiger partial charge in [-0.1, -0.05) is 0 Å². The van der Waals surface area contributed by atoms with Gasteiger partial charge in [-0.2, -0.15) is 9.57 Å². The van der Waals surface area contributed by atoms with Gasteiger partial charge in [-0.25, -0.2) is 22.8 Å². The van der Waals surface area contributed by atoms with Crippen LogP contribution in [0, 0.1) is 31.0 Å². The Kier molecular flexibility index (Phi) is 4.89. The monoisotopic (exact) mass is 375 g/mol. The first kappa shape index (κ1) is 18.2. The highest BCUT2D eigenvalue weighted by Crippen LogP contribution is 2.23. The fourth-order valence-corrected chi connectivity index (χ4v) is 4.55. The van der Waals surface area contributed by atoms with Crippen LogP contribution in [0.1, 0.15) is 17.0 Å². The maximum atomic E-state index is 13.3. The maximum absolute atomic E-state index is 13.3. The molecule has 1 fully saturated rings. The number of piperazine rings is 1. The average molecular weight is 375 g/mol. The van der Waals surface area contributed by atoms with Crippen molar-refractivity contribution in [3.05, 3.63) is 47.0 Å². The van der Waals surface area contributed by atoms with E-state index in [-0.39, 0.29) is 23.7 Å². The number of sulfonamides is 1. The Morgan fingerprint density at radius 1 is 1.12 bits per heavy atom. The summed E-state index contributed by atoms with van der Waals surface area (Å²) in [6, 6.07) is 7.27. The highest BCUT2D eigenvalue weighted by atomic mass is 32.2. The number of rotatable bonds is 3. The second kappa shape index (κ2) is 6.97. The van der Waals surface area contributed by atoms with Crippen LogP contribution in [-0.2, 0) is 10.0 Å².